The van der Waals surface area contributed by atoms with E-state index in [2.05, 4.69) is 20.6 Å². The molecule has 0 radical (unpaired) electrons. The highest BCUT2D eigenvalue weighted by Gasteiger charge is 2.48. The Kier molecular flexibility index (Phi) is 2.91. The van der Waals surface area contributed by atoms with E-state index in [1.165, 1.54) is 64.6 Å². The lowest BCUT2D eigenvalue weighted by atomic mass is 9.52. The molecule has 1 aromatic rings. The Morgan fingerprint density at radius 3 is 2.79 bits per heavy atom. The molecule has 2 saturated carbocycles. The lowest BCUT2D eigenvalue weighted by molar-refractivity contribution is -0.0413. The van der Waals surface area contributed by atoms with Crippen molar-refractivity contribution in [1.82, 2.24) is 14.5 Å². The van der Waals surface area contributed by atoms with Crippen LogP contribution in [0.25, 0.3) is 0 Å². The van der Waals surface area contributed by atoms with Gasteiger partial charge >= 0.3 is 0 Å². The van der Waals surface area contributed by atoms with Gasteiger partial charge in [-0.2, -0.15) is 0 Å². The van der Waals surface area contributed by atoms with Gasteiger partial charge in [-0.25, -0.2) is 4.98 Å². The third kappa shape index (κ3) is 2.22. The van der Waals surface area contributed by atoms with Crippen molar-refractivity contribution in [2.24, 2.45) is 11.3 Å². The van der Waals surface area contributed by atoms with E-state index in [4.69, 9.17) is 0 Å². The van der Waals surface area contributed by atoms with Crippen LogP contribution in [0.4, 0.5) is 0 Å². The number of hydrogen-bond acceptors (Lipinski definition) is 2. The van der Waals surface area contributed by atoms with E-state index in [0.29, 0.717) is 6.04 Å². The molecular weight excluding hydrogens is 234 g/mol. The Hall–Kier alpha value is -0.830. The molecule has 0 aromatic carbocycles. The minimum absolute atomic E-state index is 0.661. The summed E-state index contributed by atoms with van der Waals surface area (Å²) in [5, 5.41) is 0. The van der Waals surface area contributed by atoms with Crippen molar-refractivity contribution in [3.05, 3.63) is 18.7 Å². The summed E-state index contributed by atoms with van der Waals surface area (Å²) < 4.78 is 2.31. The standard InChI is InChI=1S/C16H25N3/c1-3-15(19-8-6-17-13-19)12-18(7-1)11-14-9-16(10-14)4-2-5-16/h6,8,13-15H,1-5,7,9-12H2. The predicted octanol–water partition coefficient (Wildman–Crippen LogP) is 3.10. The molecule has 1 spiro atoms. The van der Waals surface area contributed by atoms with E-state index in [0.717, 1.165) is 11.3 Å². The first kappa shape index (κ1) is 12.0. The van der Waals surface area contributed by atoms with E-state index >= 15 is 0 Å². The molecule has 3 nitrogen and oxygen atoms in total. The molecule has 1 atom stereocenters. The molecule has 104 valence electrons. The maximum atomic E-state index is 4.19. The van der Waals surface area contributed by atoms with Crippen molar-refractivity contribution in [2.45, 2.75) is 51.0 Å². The van der Waals surface area contributed by atoms with Crippen molar-refractivity contribution in [1.29, 1.82) is 0 Å². The quantitative estimate of drug-likeness (QED) is 0.831. The van der Waals surface area contributed by atoms with Gasteiger partial charge in [-0.05, 0) is 56.4 Å². The summed E-state index contributed by atoms with van der Waals surface area (Å²) in [5.74, 6) is 1.00. The Morgan fingerprint density at radius 2 is 2.11 bits per heavy atom. The van der Waals surface area contributed by atoms with Crippen LogP contribution in [0.2, 0.25) is 0 Å². The fourth-order valence-corrected chi connectivity index (χ4v) is 4.67. The molecule has 2 aliphatic carbocycles. The van der Waals surface area contributed by atoms with Gasteiger partial charge in [-0.3, -0.25) is 0 Å². The molecule has 19 heavy (non-hydrogen) atoms. The Morgan fingerprint density at radius 1 is 1.21 bits per heavy atom. The number of likely N-dealkylation sites (tertiary alicyclic amines) is 1. The molecule has 3 fully saturated rings. The van der Waals surface area contributed by atoms with Gasteiger partial charge in [0.1, 0.15) is 0 Å². The van der Waals surface area contributed by atoms with Crippen LogP contribution in [0.5, 0.6) is 0 Å². The van der Waals surface area contributed by atoms with Crippen LogP contribution in [-0.4, -0.2) is 34.1 Å². The highest BCUT2D eigenvalue weighted by atomic mass is 15.2. The molecule has 3 heteroatoms. The van der Waals surface area contributed by atoms with Crippen LogP contribution in [0.1, 0.15) is 51.0 Å². The van der Waals surface area contributed by atoms with Crippen LogP contribution >= 0.6 is 0 Å². The minimum atomic E-state index is 0.661. The molecule has 3 aliphatic rings. The first-order valence-electron chi connectivity index (χ1n) is 8.03. The monoisotopic (exact) mass is 259 g/mol. The zero-order valence-corrected chi connectivity index (χ0v) is 11.8. The number of imidazole rings is 1. The summed E-state index contributed by atoms with van der Waals surface area (Å²) >= 11 is 0. The number of hydrogen-bond donors (Lipinski definition) is 0. The fraction of sp³-hybridized carbons (Fsp3) is 0.812. The van der Waals surface area contributed by atoms with Crippen molar-refractivity contribution < 1.29 is 0 Å². The highest BCUT2D eigenvalue weighted by molar-refractivity contribution is 5.00. The Labute approximate surface area is 116 Å². The van der Waals surface area contributed by atoms with Gasteiger partial charge in [0.05, 0.1) is 6.33 Å². The Bertz CT molecular complexity index is 413. The normalized spacial score (nSPS) is 31.1. The van der Waals surface area contributed by atoms with E-state index in [9.17, 15) is 0 Å². The molecule has 1 saturated heterocycles. The van der Waals surface area contributed by atoms with Crippen LogP contribution in [0, 0.1) is 11.3 Å². The summed E-state index contributed by atoms with van der Waals surface area (Å²) in [6, 6.07) is 0.661. The van der Waals surface area contributed by atoms with E-state index in [1.807, 2.05) is 12.5 Å². The second-order valence-corrected chi connectivity index (χ2v) is 7.19. The summed E-state index contributed by atoms with van der Waals surface area (Å²) in [6.07, 6.45) is 16.3. The third-order valence-corrected chi connectivity index (χ3v) is 5.80. The summed E-state index contributed by atoms with van der Waals surface area (Å²) in [5.41, 5.74) is 0.838. The lowest BCUT2D eigenvalue weighted by Crippen LogP contribution is -2.48. The minimum Gasteiger partial charge on any atom is -0.333 e. The first-order chi connectivity index (χ1) is 9.33. The maximum Gasteiger partial charge on any atom is 0.0948 e. The number of piperidine rings is 1. The highest BCUT2D eigenvalue weighted by Crippen LogP contribution is 2.58. The van der Waals surface area contributed by atoms with Crippen molar-refractivity contribution in [3.63, 3.8) is 0 Å². The van der Waals surface area contributed by atoms with Gasteiger partial charge in [-0.1, -0.05) is 6.42 Å². The molecular formula is C16H25N3. The zero-order valence-electron chi connectivity index (χ0n) is 11.8. The largest absolute Gasteiger partial charge is 0.333 e. The molecule has 0 amide bonds. The molecule has 1 unspecified atom stereocenters. The average molecular weight is 259 g/mol. The van der Waals surface area contributed by atoms with Crippen LogP contribution in [0.3, 0.4) is 0 Å². The van der Waals surface area contributed by atoms with E-state index in [1.54, 1.807) is 0 Å². The SMILES string of the molecule is c1cn(C2CCCN(CC3CC4(CCC4)C3)C2)cn1. The predicted molar refractivity (Wildman–Crippen MR) is 75.9 cm³/mol. The van der Waals surface area contributed by atoms with Gasteiger partial charge in [0.25, 0.3) is 0 Å². The van der Waals surface area contributed by atoms with E-state index < -0.39 is 0 Å². The van der Waals surface area contributed by atoms with Crippen molar-refractivity contribution >= 4 is 0 Å². The molecule has 4 rings (SSSR count). The second-order valence-electron chi connectivity index (χ2n) is 7.19. The van der Waals surface area contributed by atoms with Crippen LogP contribution in [-0.2, 0) is 0 Å². The van der Waals surface area contributed by atoms with Gasteiger partial charge in [0.15, 0.2) is 0 Å². The molecule has 1 aromatic heterocycles. The van der Waals surface area contributed by atoms with Crippen molar-refractivity contribution in [3.8, 4) is 0 Å². The lowest BCUT2D eigenvalue weighted by Gasteiger charge is -2.55. The molecule has 1 aliphatic heterocycles. The third-order valence-electron chi connectivity index (χ3n) is 5.80. The maximum absolute atomic E-state index is 4.19. The van der Waals surface area contributed by atoms with Crippen LogP contribution < -0.4 is 0 Å². The fourth-order valence-electron chi connectivity index (χ4n) is 4.67. The zero-order chi connectivity index (χ0) is 12.7. The summed E-state index contributed by atoms with van der Waals surface area (Å²) in [4.78, 5) is 6.91. The number of rotatable bonds is 3. The van der Waals surface area contributed by atoms with Gasteiger partial charge in [0, 0.05) is 31.5 Å². The average Bonchev–Trinajstić information content (AvgIpc) is 2.85. The number of nitrogens with zero attached hydrogens (tertiary/aromatic N) is 3. The van der Waals surface area contributed by atoms with Gasteiger partial charge in [0.2, 0.25) is 0 Å². The molecule has 0 N–H and O–H groups in total. The van der Waals surface area contributed by atoms with Crippen LogP contribution in [0.15, 0.2) is 18.7 Å². The van der Waals surface area contributed by atoms with Crippen molar-refractivity contribution in [2.75, 3.05) is 19.6 Å². The van der Waals surface area contributed by atoms with Gasteiger partial charge < -0.3 is 9.47 Å². The first-order valence-corrected chi connectivity index (χ1v) is 8.03. The van der Waals surface area contributed by atoms with Gasteiger partial charge in [-0.15, -0.1) is 0 Å². The molecule has 0 bridgehead atoms. The van der Waals surface area contributed by atoms with E-state index in [-0.39, 0.29) is 0 Å². The summed E-state index contributed by atoms with van der Waals surface area (Å²) in [6.45, 7) is 3.90. The molecule has 2 heterocycles. The smallest absolute Gasteiger partial charge is 0.0948 e. The Balaban J connectivity index is 1.30. The second kappa shape index (κ2) is 4.62. The summed E-state index contributed by atoms with van der Waals surface area (Å²) in [7, 11) is 0. The number of aromatic nitrogens is 2. The topological polar surface area (TPSA) is 21.1 Å².